The van der Waals surface area contributed by atoms with Crippen molar-refractivity contribution in [1.29, 1.82) is 0 Å². The van der Waals surface area contributed by atoms with Crippen molar-refractivity contribution in [2.75, 3.05) is 27.3 Å². The Labute approximate surface area is 165 Å². The van der Waals surface area contributed by atoms with Gasteiger partial charge in [0, 0.05) is 15.8 Å². The van der Waals surface area contributed by atoms with E-state index in [1.165, 1.54) is 10.4 Å². The zero-order valence-electron chi connectivity index (χ0n) is 17.3. The van der Waals surface area contributed by atoms with Crippen LogP contribution in [0.2, 0.25) is 0 Å². The molecule has 6 heteroatoms. The van der Waals surface area contributed by atoms with Gasteiger partial charge in [0.15, 0.2) is 11.5 Å². The lowest BCUT2D eigenvalue weighted by Gasteiger charge is -2.10. The average Bonchev–Trinajstić information content (AvgIpc) is 2.95. The van der Waals surface area contributed by atoms with Gasteiger partial charge >= 0.3 is 0 Å². The Balaban J connectivity index is 0.000000465. The third kappa shape index (κ3) is 4.76. The number of rotatable bonds is 5. The van der Waals surface area contributed by atoms with E-state index in [2.05, 4.69) is 43.0 Å². The first-order chi connectivity index (χ1) is 13.0. The number of methoxy groups -OCH3 is 2. The molecule has 0 spiro atoms. The number of ether oxygens (including phenoxy) is 2. The molecule has 1 N–H and O–H groups in total. The van der Waals surface area contributed by atoms with E-state index >= 15 is 0 Å². The normalized spacial score (nSPS) is 10.5. The summed E-state index contributed by atoms with van der Waals surface area (Å²) in [6.07, 6.45) is 0. The topological polar surface area (TPSA) is 56.3 Å². The number of aromatic nitrogens is 2. The lowest BCUT2D eigenvalue weighted by molar-refractivity contribution is 0.355. The summed E-state index contributed by atoms with van der Waals surface area (Å²) in [6.45, 7) is 12.6. The van der Waals surface area contributed by atoms with E-state index < -0.39 is 0 Å². The van der Waals surface area contributed by atoms with Gasteiger partial charge in [-0.2, -0.15) is 0 Å². The molecule has 2 heterocycles. The van der Waals surface area contributed by atoms with Crippen molar-refractivity contribution in [3.63, 3.8) is 0 Å². The summed E-state index contributed by atoms with van der Waals surface area (Å²) in [4.78, 5) is 11.6. The van der Waals surface area contributed by atoms with Gasteiger partial charge in [-0.05, 0) is 57.6 Å². The number of thiophene rings is 1. The molecule has 2 aromatic heterocycles. The summed E-state index contributed by atoms with van der Waals surface area (Å²) in [5.41, 5.74) is 3.20. The van der Waals surface area contributed by atoms with Crippen LogP contribution in [-0.4, -0.2) is 37.3 Å². The molecule has 0 atom stereocenters. The number of nitrogens with zero attached hydrogens (tertiary/aromatic N) is 2. The number of hydrogen-bond donors (Lipinski definition) is 1. The molecule has 0 aliphatic rings. The first-order valence-corrected chi connectivity index (χ1v) is 9.95. The molecule has 0 saturated heterocycles. The summed E-state index contributed by atoms with van der Waals surface area (Å²) >= 11 is 1.71. The van der Waals surface area contributed by atoms with Gasteiger partial charge in [0.25, 0.3) is 0 Å². The van der Waals surface area contributed by atoms with Gasteiger partial charge in [-0.25, -0.2) is 9.97 Å². The maximum absolute atomic E-state index is 5.41. The van der Waals surface area contributed by atoms with Crippen LogP contribution in [0.1, 0.15) is 30.1 Å². The molecule has 27 heavy (non-hydrogen) atoms. The predicted molar refractivity (Wildman–Crippen MR) is 114 cm³/mol. The number of hydrogen-bond acceptors (Lipinski definition) is 6. The van der Waals surface area contributed by atoms with E-state index in [4.69, 9.17) is 9.47 Å². The van der Waals surface area contributed by atoms with Gasteiger partial charge in [0.1, 0.15) is 10.7 Å². The third-order valence-electron chi connectivity index (χ3n) is 4.30. The monoisotopic (exact) mass is 387 g/mol. The largest absolute Gasteiger partial charge is 0.493 e. The first kappa shape index (κ1) is 21.1. The molecule has 0 unspecified atom stereocenters. The van der Waals surface area contributed by atoms with Crippen LogP contribution in [0.25, 0.3) is 21.5 Å². The van der Waals surface area contributed by atoms with Crippen molar-refractivity contribution in [3.8, 4) is 22.8 Å². The Morgan fingerprint density at radius 2 is 1.63 bits per heavy atom. The first-order valence-electron chi connectivity index (χ1n) is 9.14. The van der Waals surface area contributed by atoms with Crippen molar-refractivity contribution in [2.24, 2.45) is 0 Å². The smallest absolute Gasteiger partial charge is 0.161 e. The fourth-order valence-electron chi connectivity index (χ4n) is 2.80. The van der Waals surface area contributed by atoms with Crippen LogP contribution >= 0.6 is 11.3 Å². The molecule has 0 aliphatic heterocycles. The van der Waals surface area contributed by atoms with E-state index in [1.807, 2.05) is 25.1 Å². The van der Waals surface area contributed by atoms with E-state index in [9.17, 15) is 0 Å². The number of aryl methyl sites for hydroxylation is 3. The number of fused-ring (bicyclic) bond motifs is 1. The maximum atomic E-state index is 5.41. The van der Waals surface area contributed by atoms with Gasteiger partial charge < -0.3 is 14.8 Å². The fourth-order valence-corrected chi connectivity index (χ4v) is 3.87. The SMILES string of the molecule is CCNCC.COc1ccc(-c2nc(C)nc3sc(C)c(C)c23)cc1OC. The van der Waals surface area contributed by atoms with E-state index in [0.29, 0.717) is 11.5 Å². The molecule has 3 rings (SSSR count). The average molecular weight is 388 g/mol. The molecule has 5 nitrogen and oxygen atoms in total. The van der Waals surface area contributed by atoms with Crippen molar-refractivity contribution >= 4 is 21.6 Å². The zero-order chi connectivity index (χ0) is 20.0. The van der Waals surface area contributed by atoms with Crippen LogP contribution < -0.4 is 14.8 Å². The van der Waals surface area contributed by atoms with E-state index in [-0.39, 0.29) is 0 Å². The van der Waals surface area contributed by atoms with Gasteiger partial charge in [-0.15, -0.1) is 11.3 Å². The summed E-state index contributed by atoms with van der Waals surface area (Å²) in [6, 6.07) is 5.88. The van der Waals surface area contributed by atoms with Gasteiger partial charge in [-0.3, -0.25) is 0 Å². The van der Waals surface area contributed by atoms with Crippen molar-refractivity contribution in [2.45, 2.75) is 34.6 Å². The molecule has 3 aromatic rings. The van der Waals surface area contributed by atoms with Crippen LogP contribution in [0.15, 0.2) is 18.2 Å². The number of benzene rings is 1. The summed E-state index contributed by atoms with van der Waals surface area (Å²) in [5.74, 6) is 2.19. The number of nitrogens with one attached hydrogen (secondary N) is 1. The summed E-state index contributed by atoms with van der Waals surface area (Å²) in [5, 5.41) is 4.24. The predicted octanol–water partition coefficient (Wildman–Crippen LogP) is 4.92. The van der Waals surface area contributed by atoms with Crippen LogP contribution in [0.4, 0.5) is 0 Å². The highest BCUT2D eigenvalue weighted by Crippen LogP contribution is 2.38. The summed E-state index contributed by atoms with van der Waals surface area (Å²) < 4.78 is 10.7. The highest BCUT2D eigenvalue weighted by molar-refractivity contribution is 7.18. The Morgan fingerprint density at radius 1 is 0.963 bits per heavy atom. The third-order valence-corrected chi connectivity index (χ3v) is 5.40. The Morgan fingerprint density at radius 3 is 2.19 bits per heavy atom. The molecule has 0 amide bonds. The van der Waals surface area contributed by atoms with Crippen molar-refractivity contribution < 1.29 is 9.47 Å². The minimum absolute atomic E-state index is 0.703. The molecule has 1 aromatic carbocycles. The van der Waals surface area contributed by atoms with Crippen LogP contribution in [0.3, 0.4) is 0 Å². The quantitative estimate of drug-likeness (QED) is 0.674. The maximum Gasteiger partial charge on any atom is 0.161 e. The van der Waals surface area contributed by atoms with E-state index in [0.717, 1.165) is 40.4 Å². The molecule has 0 aliphatic carbocycles. The lowest BCUT2D eigenvalue weighted by atomic mass is 10.1. The van der Waals surface area contributed by atoms with E-state index in [1.54, 1.807) is 25.6 Å². The molecule has 0 fully saturated rings. The molecule has 0 radical (unpaired) electrons. The Hall–Kier alpha value is -2.18. The second-order valence-corrected chi connectivity index (χ2v) is 7.31. The van der Waals surface area contributed by atoms with Crippen LogP contribution in [0.5, 0.6) is 11.5 Å². The zero-order valence-corrected chi connectivity index (χ0v) is 18.1. The second kappa shape index (κ2) is 9.67. The van der Waals surface area contributed by atoms with Gasteiger partial charge in [0.2, 0.25) is 0 Å². The standard InChI is InChI=1S/C17H18N2O2S.C4H11N/c1-9-10(2)22-17-15(9)16(18-11(3)19-17)12-6-7-13(20-4)14(8-12)21-5;1-3-5-4-2/h6-8H,1-5H3;5H,3-4H2,1-2H3. The van der Waals surface area contributed by atoms with Gasteiger partial charge in [0.05, 0.1) is 19.9 Å². The highest BCUT2D eigenvalue weighted by Gasteiger charge is 2.16. The Kier molecular flexibility index (Phi) is 7.56. The van der Waals surface area contributed by atoms with Crippen LogP contribution in [0, 0.1) is 20.8 Å². The second-order valence-electron chi connectivity index (χ2n) is 6.11. The molecule has 0 saturated carbocycles. The highest BCUT2D eigenvalue weighted by atomic mass is 32.1. The molecular weight excluding hydrogens is 358 g/mol. The molecule has 0 bridgehead atoms. The fraction of sp³-hybridized carbons (Fsp3) is 0.429. The van der Waals surface area contributed by atoms with Crippen molar-refractivity contribution in [3.05, 3.63) is 34.5 Å². The molecular formula is C21H29N3O2S. The lowest BCUT2D eigenvalue weighted by Crippen LogP contribution is -2.09. The minimum Gasteiger partial charge on any atom is -0.493 e. The van der Waals surface area contributed by atoms with Crippen LogP contribution in [-0.2, 0) is 0 Å². The van der Waals surface area contributed by atoms with Gasteiger partial charge in [-0.1, -0.05) is 13.8 Å². The summed E-state index contributed by atoms with van der Waals surface area (Å²) in [7, 11) is 3.28. The minimum atomic E-state index is 0.703. The Bertz CT molecular complexity index is 904. The molecule has 146 valence electrons. The van der Waals surface area contributed by atoms with Crippen molar-refractivity contribution in [1.82, 2.24) is 15.3 Å².